The van der Waals surface area contributed by atoms with Crippen molar-refractivity contribution in [2.24, 2.45) is 7.05 Å². The summed E-state index contributed by atoms with van der Waals surface area (Å²) in [6.45, 7) is 15.2. The van der Waals surface area contributed by atoms with Gasteiger partial charge in [0.05, 0.1) is 14.9 Å². The van der Waals surface area contributed by atoms with E-state index in [4.69, 9.17) is 13.7 Å². The standard InChI is InChI=1S/C23H21N2O/c1-13-10-16(4)25(6)19(11-13)21-15(3)12-14(2)20-17-8-7-9-18(24-5)22(17)26-23(20)21/h7-12H,1-4,6H3/q+1/i10D,11D. The van der Waals surface area contributed by atoms with Crippen LogP contribution in [0.15, 0.2) is 40.8 Å². The van der Waals surface area contributed by atoms with Gasteiger partial charge in [0.15, 0.2) is 5.69 Å². The van der Waals surface area contributed by atoms with Gasteiger partial charge in [0, 0.05) is 29.8 Å². The average molecular weight is 343 g/mol. The van der Waals surface area contributed by atoms with E-state index in [-0.39, 0.29) is 0 Å². The molecule has 26 heavy (non-hydrogen) atoms. The van der Waals surface area contributed by atoms with Crippen LogP contribution in [-0.2, 0) is 7.05 Å². The Balaban J connectivity index is 2.27. The van der Waals surface area contributed by atoms with Gasteiger partial charge in [0.25, 0.3) is 0 Å². The molecular formula is C23H21N2O+. The van der Waals surface area contributed by atoms with Crippen LogP contribution in [0, 0.1) is 34.3 Å². The molecule has 0 aliphatic heterocycles. The van der Waals surface area contributed by atoms with Crippen molar-refractivity contribution < 1.29 is 11.7 Å². The third-order valence-electron chi connectivity index (χ3n) is 5.01. The highest BCUT2D eigenvalue weighted by Crippen LogP contribution is 2.41. The highest BCUT2D eigenvalue weighted by atomic mass is 16.3. The Morgan fingerprint density at radius 1 is 1.08 bits per heavy atom. The van der Waals surface area contributed by atoms with E-state index >= 15 is 0 Å². The maximum absolute atomic E-state index is 8.72. The van der Waals surface area contributed by atoms with E-state index in [0.717, 1.165) is 38.9 Å². The number of hydrogen-bond donors (Lipinski definition) is 0. The van der Waals surface area contributed by atoms with Crippen LogP contribution in [0.2, 0.25) is 0 Å². The second-order valence-electron chi connectivity index (χ2n) is 6.83. The predicted octanol–water partition coefficient (Wildman–Crippen LogP) is 5.86. The quantitative estimate of drug-likeness (QED) is 0.313. The van der Waals surface area contributed by atoms with Crippen molar-refractivity contribution in [3.05, 3.63) is 70.2 Å². The van der Waals surface area contributed by atoms with Gasteiger partial charge in [-0.25, -0.2) is 4.85 Å². The fraction of sp³-hybridized carbons (Fsp3) is 0.217. The third kappa shape index (κ3) is 2.23. The molecule has 4 rings (SSSR count). The number of aryl methyl sites for hydroxylation is 2. The lowest BCUT2D eigenvalue weighted by atomic mass is 9.96. The molecule has 2 aromatic carbocycles. The summed E-state index contributed by atoms with van der Waals surface area (Å²) in [4.78, 5) is 3.61. The highest BCUT2D eigenvalue weighted by Gasteiger charge is 2.24. The lowest BCUT2D eigenvalue weighted by Crippen LogP contribution is -2.35. The van der Waals surface area contributed by atoms with E-state index in [9.17, 15) is 0 Å². The van der Waals surface area contributed by atoms with Gasteiger partial charge in [-0.2, -0.15) is 4.57 Å². The predicted molar refractivity (Wildman–Crippen MR) is 106 cm³/mol. The van der Waals surface area contributed by atoms with Crippen molar-refractivity contribution >= 4 is 27.6 Å². The van der Waals surface area contributed by atoms with Crippen molar-refractivity contribution in [3.63, 3.8) is 0 Å². The SMILES string of the molecule is [2H]c1c(C)c([2H])c(-c2c(C)cc(C)c3c2oc2c([N+]#[C-])cccc23)[n+](C)c1C. The number of rotatable bonds is 1. The zero-order chi connectivity index (χ0) is 20.3. The van der Waals surface area contributed by atoms with Gasteiger partial charge >= 0.3 is 0 Å². The summed E-state index contributed by atoms with van der Waals surface area (Å²) in [7, 11) is 1.89. The van der Waals surface area contributed by atoms with E-state index in [1.54, 1.807) is 6.07 Å². The van der Waals surface area contributed by atoms with Gasteiger partial charge in [0.1, 0.15) is 18.2 Å². The molecule has 0 unspecified atom stereocenters. The lowest BCUT2D eigenvalue weighted by molar-refractivity contribution is -0.666. The molecule has 2 aromatic heterocycles. The smallest absolute Gasteiger partial charge is 0.229 e. The minimum atomic E-state index is 0.331. The highest BCUT2D eigenvalue weighted by molar-refractivity contribution is 6.14. The zero-order valence-electron chi connectivity index (χ0n) is 17.6. The molecule has 3 heteroatoms. The molecule has 0 amide bonds. The first-order valence-electron chi connectivity index (χ1n) is 9.57. The second kappa shape index (κ2) is 5.71. The molecule has 0 saturated carbocycles. The van der Waals surface area contributed by atoms with Gasteiger partial charge in [0.2, 0.25) is 11.4 Å². The van der Waals surface area contributed by atoms with Crippen LogP contribution in [0.3, 0.4) is 0 Å². The van der Waals surface area contributed by atoms with Crippen LogP contribution >= 0.6 is 0 Å². The average Bonchev–Trinajstić information content (AvgIpc) is 3.07. The van der Waals surface area contributed by atoms with Crippen molar-refractivity contribution in [1.82, 2.24) is 0 Å². The summed E-state index contributed by atoms with van der Waals surface area (Å²) in [6.07, 6.45) is 0. The molecule has 0 aliphatic carbocycles. The molecule has 0 spiro atoms. The van der Waals surface area contributed by atoms with Crippen LogP contribution in [0.1, 0.15) is 25.1 Å². The van der Waals surface area contributed by atoms with Crippen molar-refractivity contribution in [3.8, 4) is 11.3 Å². The number of furan rings is 1. The number of nitrogens with zero attached hydrogens (tertiary/aromatic N) is 2. The Morgan fingerprint density at radius 2 is 1.85 bits per heavy atom. The van der Waals surface area contributed by atoms with Crippen molar-refractivity contribution in [1.29, 1.82) is 0 Å². The molecule has 0 saturated heterocycles. The zero-order valence-corrected chi connectivity index (χ0v) is 15.6. The molecule has 0 bridgehead atoms. The molecule has 0 radical (unpaired) electrons. The van der Waals surface area contributed by atoms with E-state index in [1.165, 1.54) is 0 Å². The number of benzene rings is 2. The molecule has 0 aliphatic rings. The number of pyridine rings is 1. The summed E-state index contributed by atoms with van der Waals surface area (Å²) >= 11 is 0. The van der Waals surface area contributed by atoms with Crippen LogP contribution in [0.5, 0.6) is 0 Å². The summed E-state index contributed by atoms with van der Waals surface area (Å²) in [5, 5.41) is 1.90. The first kappa shape index (κ1) is 14.1. The molecule has 0 fully saturated rings. The molecule has 0 N–H and O–H groups in total. The summed E-state index contributed by atoms with van der Waals surface area (Å²) in [5.74, 6) is 0. The number of fused-ring (bicyclic) bond motifs is 3. The number of aromatic nitrogens is 1. The van der Waals surface area contributed by atoms with Crippen molar-refractivity contribution in [2.75, 3.05) is 0 Å². The summed E-state index contributed by atoms with van der Waals surface area (Å²) < 4.78 is 25.2. The molecule has 2 heterocycles. The number of para-hydroxylation sites is 1. The largest absolute Gasteiger partial charge is 0.466 e. The monoisotopic (exact) mass is 343 g/mol. The molecule has 3 nitrogen and oxygen atoms in total. The van der Waals surface area contributed by atoms with Gasteiger partial charge in [-0.3, -0.25) is 0 Å². The van der Waals surface area contributed by atoms with Gasteiger partial charge in [-0.05, 0) is 37.5 Å². The topological polar surface area (TPSA) is 21.4 Å². The van der Waals surface area contributed by atoms with Gasteiger partial charge in [-0.1, -0.05) is 24.3 Å². The minimum Gasteiger partial charge on any atom is -0.466 e. The first-order valence-corrected chi connectivity index (χ1v) is 8.57. The van der Waals surface area contributed by atoms with Crippen LogP contribution in [0.25, 0.3) is 38.0 Å². The second-order valence-corrected chi connectivity index (χ2v) is 6.83. The van der Waals surface area contributed by atoms with Gasteiger partial charge < -0.3 is 4.42 Å². The molecule has 4 aromatic rings. The third-order valence-corrected chi connectivity index (χ3v) is 5.01. The Morgan fingerprint density at radius 3 is 2.58 bits per heavy atom. The molecular weight excluding hydrogens is 320 g/mol. The molecule has 128 valence electrons. The maximum Gasteiger partial charge on any atom is 0.229 e. The van der Waals surface area contributed by atoms with E-state index in [1.807, 2.05) is 51.4 Å². The Kier molecular flexibility index (Phi) is 3.09. The Bertz CT molecular complexity index is 1310. The van der Waals surface area contributed by atoms with E-state index < -0.39 is 0 Å². The van der Waals surface area contributed by atoms with E-state index in [0.29, 0.717) is 34.5 Å². The summed E-state index contributed by atoms with van der Waals surface area (Å²) in [5.41, 5.74) is 6.90. The lowest BCUT2D eigenvalue weighted by Gasteiger charge is -2.10. The van der Waals surface area contributed by atoms with Crippen molar-refractivity contribution in [2.45, 2.75) is 27.7 Å². The van der Waals surface area contributed by atoms with Crippen LogP contribution in [-0.4, -0.2) is 0 Å². The van der Waals surface area contributed by atoms with Crippen LogP contribution < -0.4 is 4.57 Å². The van der Waals surface area contributed by atoms with Gasteiger partial charge in [-0.15, -0.1) is 0 Å². The maximum atomic E-state index is 8.72. The molecule has 0 atom stereocenters. The first-order chi connectivity index (χ1) is 13.3. The fourth-order valence-corrected chi connectivity index (χ4v) is 3.75. The minimum absolute atomic E-state index is 0.331. The fourth-order valence-electron chi connectivity index (χ4n) is 3.75. The number of hydrogen-bond acceptors (Lipinski definition) is 1. The van der Waals surface area contributed by atoms with E-state index in [2.05, 4.69) is 10.9 Å². The Labute approximate surface area is 156 Å². The Hall–Kier alpha value is -3.12. The van der Waals surface area contributed by atoms with Crippen LogP contribution in [0.4, 0.5) is 5.69 Å². The normalized spacial score (nSPS) is 12.3. The summed E-state index contributed by atoms with van der Waals surface area (Å²) in [6, 6.07) is 8.44.